The molecule has 0 bridgehead atoms. The average molecular weight is 275 g/mol. The molecule has 0 aliphatic carbocycles. The maximum Gasteiger partial charge on any atom is 0.280 e. The summed E-state index contributed by atoms with van der Waals surface area (Å²) in [6.07, 6.45) is 0. The predicted octanol–water partition coefficient (Wildman–Crippen LogP) is 4.99. The molecule has 0 unspecified atom stereocenters. The maximum absolute atomic E-state index is 11.0. The van der Waals surface area contributed by atoms with Gasteiger partial charge in [-0.25, -0.2) is 0 Å². The second-order valence-corrected chi connectivity index (χ2v) is 6.05. The number of halogens is 1. The van der Waals surface area contributed by atoms with E-state index in [1.165, 1.54) is 0 Å². The minimum atomic E-state index is -0.364. The summed E-state index contributed by atoms with van der Waals surface area (Å²) in [7, 11) is 0. The summed E-state index contributed by atoms with van der Waals surface area (Å²) in [5.74, 6) is 0. The van der Waals surface area contributed by atoms with Gasteiger partial charge in [-0.3, -0.25) is 4.79 Å². The van der Waals surface area contributed by atoms with Crippen LogP contribution in [0.25, 0.3) is 0 Å². The molecule has 0 radical (unpaired) electrons. The SMILES string of the molecule is O=C(Cl)SC(c1ccsc1)c1ccsc1. The van der Waals surface area contributed by atoms with E-state index < -0.39 is 0 Å². The fourth-order valence-electron chi connectivity index (χ4n) is 1.27. The molecule has 0 N–H and O–H groups in total. The van der Waals surface area contributed by atoms with Crippen LogP contribution >= 0.6 is 46.0 Å². The third-order valence-electron chi connectivity index (χ3n) is 1.90. The molecule has 0 aromatic carbocycles. The van der Waals surface area contributed by atoms with Crippen LogP contribution in [0.3, 0.4) is 0 Å². The smallest absolute Gasteiger partial charge is 0.268 e. The van der Waals surface area contributed by atoms with Crippen LogP contribution in [0.5, 0.6) is 0 Å². The van der Waals surface area contributed by atoms with Crippen molar-refractivity contribution in [2.24, 2.45) is 0 Å². The van der Waals surface area contributed by atoms with Gasteiger partial charge in [0.25, 0.3) is 4.57 Å². The van der Waals surface area contributed by atoms with Crippen LogP contribution in [0.1, 0.15) is 16.4 Å². The van der Waals surface area contributed by atoms with Crippen molar-refractivity contribution in [2.75, 3.05) is 0 Å². The standard InChI is InChI=1S/C10H7ClOS3/c11-10(12)15-9(7-1-3-13-5-7)8-2-4-14-6-8/h1-6,9H. The van der Waals surface area contributed by atoms with E-state index in [1.54, 1.807) is 22.7 Å². The van der Waals surface area contributed by atoms with Crippen molar-refractivity contribution in [2.45, 2.75) is 5.25 Å². The highest BCUT2D eigenvalue weighted by molar-refractivity contribution is 8.16. The van der Waals surface area contributed by atoms with Gasteiger partial charge in [0.05, 0.1) is 5.25 Å². The second-order valence-electron chi connectivity index (χ2n) is 2.85. The van der Waals surface area contributed by atoms with E-state index in [2.05, 4.69) is 10.8 Å². The molecule has 0 atom stereocenters. The Kier molecular flexibility index (Phi) is 3.86. The number of hydrogen-bond acceptors (Lipinski definition) is 4. The Morgan fingerprint density at radius 1 is 1.20 bits per heavy atom. The number of carbonyl (C=O) groups excluding carboxylic acids is 1. The van der Waals surface area contributed by atoms with Crippen molar-refractivity contribution in [3.05, 3.63) is 44.8 Å². The molecule has 5 heteroatoms. The Hall–Kier alpha value is -0.290. The number of carbonyl (C=O) groups is 1. The Balaban J connectivity index is 2.29. The van der Waals surface area contributed by atoms with Crippen molar-refractivity contribution in [3.8, 4) is 0 Å². The van der Waals surface area contributed by atoms with Gasteiger partial charge in [0.2, 0.25) is 0 Å². The van der Waals surface area contributed by atoms with E-state index in [9.17, 15) is 4.79 Å². The van der Waals surface area contributed by atoms with Gasteiger partial charge >= 0.3 is 0 Å². The fraction of sp³-hybridized carbons (Fsp3) is 0.100. The summed E-state index contributed by atoms with van der Waals surface area (Å²) in [6, 6.07) is 4.06. The zero-order chi connectivity index (χ0) is 10.7. The van der Waals surface area contributed by atoms with Gasteiger partial charge in [-0.1, -0.05) is 11.8 Å². The Labute approximate surface area is 105 Å². The number of thiophene rings is 2. The summed E-state index contributed by atoms with van der Waals surface area (Å²) in [5, 5.41) is 8.15. The largest absolute Gasteiger partial charge is 0.280 e. The molecule has 0 aliphatic heterocycles. The zero-order valence-electron chi connectivity index (χ0n) is 7.55. The van der Waals surface area contributed by atoms with Crippen LogP contribution in [0.4, 0.5) is 4.79 Å². The Bertz CT molecular complexity index is 387. The molecule has 0 saturated carbocycles. The Morgan fingerprint density at radius 2 is 1.73 bits per heavy atom. The molecule has 0 fully saturated rings. The summed E-state index contributed by atoms with van der Waals surface area (Å²) < 4.78 is -0.364. The molecule has 2 heterocycles. The van der Waals surface area contributed by atoms with Gasteiger partial charge in [-0.05, 0) is 56.4 Å². The third-order valence-corrected chi connectivity index (χ3v) is 4.54. The van der Waals surface area contributed by atoms with E-state index in [1.807, 2.05) is 22.9 Å². The monoisotopic (exact) mass is 274 g/mol. The molecule has 2 rings (SSSR count). The molecule has 0 amide bonds. The summed E-state index contributed by atoms with van der Waals surface area (Å²) in [5.41, 5.74) is 2.27. The quantitative estimate of drug-likeness (QED) is 0.734. The first-order valence-electron chi connectivity index (χ1n) is 4.17. The van der Waals surface area contributed by atoms with Crippen LogP contribution < -0.4 is 0 Å². The van der Waals surface area contributed by atoms with Crippen LogP contribution in [0.2, 0.25) is 0 Å². The molecule has 78 valence electrons. The Morgan fingerprint density at radius 3 is 2.07 bits per heavy atom. The van der Waals surface area contributed by atoms with Gasteiger partial charge in [0.1, 0.15) is 0 Å². The molecule has 0 aliphatic rings. The normalized spacial score (nSPS) is 10.8. The third kappa shape index (κ3) is 2.84. The van der Waals surface area contributed by atoms with E-state index in [4.69, 9.17) is 11.6 Å². The zero-order valence-corrected chi connectivity index (χ0v) is 10.8. The lowest BCUT2D eigenvalue weighted by Gasteiger charge is -2.10. The van der Waals surface area contributed by atoms with Crippen LogP contribution in [0, 0.1) is 0 Å². The van der Waals surface area contributed by atoms with Crippen molar-refractivity contribution in [3.63, 3.8) is 0 Å². The topological polar surface area (TPSA) is 17.1 Å². The van der Waals surface area contributed by atoms with E-state index in [0.29, 0.717) is 0 Å². The number of hydrogen-bond donors (Lipinski definition) is 0. The lowest BCUT2D eigenvalue weighted by atomic mass is 10.1. The molecular formula is C10H7ClOS3. The van der Waals surface area contributed by atoms with Crippen molar-refractivity contribution < 1.29 is 4.79 Å². The van der Waals surface area contributed by atoms with E-state index in [-0.39, 0.29) is 9.82 Å². The van der Waals surface area contributed by atoms with Gasteiger partial charge in [-0.15, -0.1) is 0 Å². The fourth-order valence-corrected chi connectivity index (χ4v) is 3.83. The van der Waals surface area contributed by atoms with Crippen molar-refractivity contribution >= 4 is 50.6 Å². The van der Waals surface area contributed by atoms with Gasteiger partial charge in [0, 0.05) is 0 Å². The van der Waals surface area contributed by atoms with Crippen molar-refractivity contribution in [1.82, 2.24) is 0 Å². The first-order chi connectivity index (χ1) is 7.27. The van der Waals surface area contributed by atoms with Crippen LogP contribution in [-0.4, -0.2) is 4.57 Å². The molecule has 0 spiro atoms. The lowest BCUT2D eigenvalue weighted by Crippen LogP contribution is -1.94. The van der Waals surface area contributed by atoms with Gasteiger partial charge in [0.15, 0.2) is 0 Å². The molecule has 1 nitrogen and oxygen atoms in total. The molecule has 2 aromatic rings. The minimum absolute atomic E-state index is 0.0347. The highest BCUT2D eigenvalue weighted by Gasteiger charge is 2.18. The van der Waals surface area contributed by atoms with E-state index >= 15 is 0 Å². The predicted molar refractivity (Wildman–Crippen MR) is 69.3 cm³/mol. The first kappa shape index (κ1) is 11.2. The molecule has 15 heavy (non-hydrogen) atoms. The average Bonchev–Trinajstić information content (AvgIpc) is 2.87. The van der Waals surface area contributed by atoms with Crippen molar-refractivity contribution in [1.29, 1.82) is 0 Å². The lowest BCUT2D eigenvalue weighted by molar-refractivity contribution is 0.276. The van der Waals surface area contributed by atoms with E-state index in [0.717, 1.165) is 22.9 Å². The minimum Gasteiger partial charge on any atom is -0.268 e. The van der Waals surface area contributed by atoms with Crippen LogP contribution in [-0.2, 0) is 0 Å². The molecule has 2 aromatic heterocycles. The number of thioether (sulfide) groups is 1. The van der Waals surface area contributed by atoms with Gasteiger partial charge < -0.3 is 0 Å². The van der Waals surface area contributed by atoms with Crippen LogP contribution in [0.15, 0.2) is 33.7 Å². The van der Waals surface area contributed by atoms with Gasteiger partial charge in [-0.2, -0.15) is 22.7 Å². The highest BCUT2D eigenvalue weighted by atomic mass is 35.5. The summed E-state index contributed by atoms with van der Waals surface area (Å²) in [4.78, 5) is 11.0. The summed E-state index contributed by atoms with van der Waals surface area (Å²) in [6.45, 7) is 0. The maximum atomic E-state index is 11.0. The summed E-state index contributed by atoms with van der Waals surface area (Å²) >= 11 is 9.85. The highest BCUT2D eigenvalue weighted by Crippen LogP contribution is 2.38. The number of rotatable bonds is 3. The second kappa shape index (κ2) is 5.16. The molecule has 0 saturated heterocycles. The molecular weight excluding hydrogens is 268 g/mol. The first-order valence-corrected chi connectivity index (χ1v) is 7.32.